The molecule has 202 valence electrons. The van der Waals surface area contributed by atoms with Crippen LogP contribution in [0.1, 0.15) is 27.1 Å². The Morgan fingerprint density at radius 1 is 1.18 bits per heavy atom. The van der Waals surface area contributed by atoms with E-state index < -0.39 is 62.8 Å². The molecule has 0 saturated heterocycles. The Morgan fingerprint density at radius 3 is 2.77 bits per heavy atom. The molecular formula is C25H18F4N4O5S. The average Bonchev–Trinajstić information content (AvgIpc) is 2.97. The Hall–Kier alpha value is -4.17. The Labute approximate surface area is 224 Å². The molecule has 1 aliphatic heterocycles. The first kappa shape index (κ1) is 21.7. The maximum Gasteiger partial charge on any atom is 0.388 e. The molecule has 0 unspecified atom stereocenters. The quantitative estimate of drug-likeness (QED) is 0.349. The van der Waals surface area contributed by atoms with Crippen molar-refractivity contribution in [1.82, 2.24) is 20.3 Å². The monoisotopic (exact) mass is 566 g/mol. The fourth-order valence-corrected chi connectivity index (χ4v) is 4.73. The largest absolute Gasteiger partial charge is 0.417 e. The number of amides is 1. The van der Waals surface area contributed by atoms with Gasteiger partial charge in [0.15, 0.2) is 0 Å². The van der Waals surface area contributed by atoms with E-state index in [1.807, 2.05) is 0 Å². The maximum atomic E-state index is 15.0. The zero-order chi connectivity index (χ0) is 31.3. The Balaban J connectivity index is 1.40. The van der Waals surface area contributed by atoms with Crippen molar-refractivity contribution in [1.29, 1.82) is 0 Å². The highest BCUT2D eigenvalue weighted by molar-refractivity contribution is 7.92. The Kier molecular flexibility index (Phi) is 5.87. The summed E-state index contributed by atoms with van der Waals surface area (Å²) in [6.45, 7) is -10.4. The molecule has 5 rings (SSSR count). The standard InChI is InChI=1S/C25H18F4N4O5S/c26-17-6-14(7-21-16(17)11-37-12-22(27)39(21,35)36)24(34)31-10-15-8-20-13(9-30-15)4-5-19(32-20)18-2-1-3-23(33-18)38-25(28)29/h1-9,22,25H,10-12H2,(H,31,34)/t22-/m1/s1/i11D2,12D2. The highest BCUT2D eigenvalue weighted by Gasteiger charge is 2.35. The van der Waals surface area contributed by atoms with Gasteiger partial charge in [0.25, 0.3) is 5.91 Å². The van der Waals surface area contributed by atoms with Crippen molar-refractivity contribution in [2.45, 2.75) is 30.1 Å². The Morgan fingerprint density at radius 2 is 1.97 bits per heavy atom. The predicted molar refractivity (Wildman–Crippen MR) is 129 cm³/mol. The van der Waals surface area contributed by atoms with E-state index in [9.17, 15) is 26.4 Å². The molecule has 1 atom stereocenters. The first-order valence-electron chi connectivity index (χ1n) is 13.0. The number of pyridine rings is 3. The summed E-state index contributed by atoms with van der Waals surface area (Å²) in [5.41, 5.74) is -4.12. The molecule has 14 heteroatoms. The van der Waals surface area contributed by atoms with Gasteiger partial charge in [-0.3, -0.25) is 9.78 Å². The van der Waals surface area contributed by atoms with Gasteiger partial charge in [-0.25, -0.2) is 27.2 Å². The van der Waals surface area contributed by atoms with E-state index in [1.54, 1.807) is 12.1 Å². The first-order valence-corrected chi connectivity index (χ1v) is 12.5. The van der Waals surface area contributed by atoms with Gasteiger partial charge in [0.2, 0.25) is 21.2 Å². The molecule has 9 nitrogen and oxygen atoms in total. The van der Waals surface area contributed by atoms with Crippen molar-refractivity contribution in [3.8, 4) is 17.3 Å². The number of halogens is 4. The molecule has 1 aromatic carbocycles. The minimum Gasteiger partial charge on any atom is -0.417 e. The van der Waals surface area contributed by atoms with Crippen LogP contribution in [-0.2, 0) is 27.7 Å². The number of benzene rings is 1. The molecule has 0 fully saturated rings. The van der Waals surface area contributed by atoms with Gasteiger partial charge in [-0.05, 0) is 36.4 Å². The van der Waals surface area contributed by atoms with Crippen LogP contribution in [0, 0.1) is 5.82 Å². The van der Waals surface area contributed by atoms with Crippen LogP contribution in [0.4, 0.5) is 17.6 Å². The molecule has 4 heterocycles. The lowest BCUT2D eigenvalue weighted by Crippen LogP contribution is -2.25. The highest BCUT2D eigenvalue weighted by Crippen LogP contribution is 2.29. The lowest BCUT2D eigenvalue weighted by Gasteiger charge is -2.11. The number of sulfone groups is 1. The van der Waals surface area contributed by atoms with Crippen molar-refractivity contribution in [2.24, 2.45) is 0 Å². The van der Waals surface area contributed by atoms with Crippen LogP contribution in [0.25, 0.3) is 22.3 Å². The second kappa shape index (κ2) is 10.5. The summed E-state index contributed by atoms with van der Waals surface area (Å²) in [6, 6.07) is 10.0. The molecule has 4 aromatic rings. The number of ether oxygens (including phenoxy) is 2. The highest BCUT2D eigenvalue weighted by atomic mass is 32.2. The van der Waals surface area contributed by atoms with E-state index >= 15 is 4.39 Å². The molecule has 3 aromatic heterocycles. The minimum absolute atomic E-state index is 0.241. The number of hydrogen-bond acceptors (Lipinski definition) is 8. The fourth-order valence-electron chi connectivity index (χ4n) is 3.62. The average molecular weight is 567 g/mol. The summed E-state index contributed by atoms with van der Waals surface area (Å²) in [6.07, 6.45) is 1.43. The van der Waals surface area contributed by atoms with Crippen LogP contribution in [-0.4, -0.2) is 48.0 Å². The smallest absolute Gasteiger partial charge is 0.388 e. The Bertz CT molecular complexity index is 1870. The second-order valence-corrected chi connectivity index (χ2v) is 9.95. The molecule has 1 aliphatic rings. The molecule has 0 spiro atoms. The number of fused-ring (bicyclic) bond motifs is 2. The zero-order valence-electron chi connectivity index (χ0n) is 23.4. The van der Waals surface area contributed by atoms with Crippen molar-refractivity contribution >= 4 is 26.6 Å². The van der Waals surface area contributed by atoms with Crippen LogP contribution in [0.5, 0.6) is 5.88 Å². The van der Waals surface area contributed by atoms with Gasteiger partial charge in [-0.1, -0.05) is 6.07 Å². The van der Waals surface area contributed by atoms with E-state index in [-0.39, 0.29) is 23.8 Å². The zero-order valence-corrected chi connectivity index (χ0v) is 20.2. The molecule has 0 radical (unpaired) electrons. The lowest BCUT2D eigenvalue weighted by molar-refractivity contribution is -0.0527. The van der Waals surface area contributed by atoms with Crippen LogP contribution in [0.3, 0.4) is 0 Å². The van der Waals surface area contributed by atoms with Crippen LogP contribution >= 0.6 is 0 Å². The van der Waals surface area contributed by atoms with E-state index in [1.165, 1.54) is 30.5 Å². The summed E-state index contributed by atoms with van der Waals surface area (Å²) in [5, 5.41) is 2.97. The number of rotatable bonds is 6. The van der Waals surface area contributed by atoms with Gasteiger partial charge >= 0.3 is 6.61 Å². The molecule has 1 N–H and O–H groups in total. The van der Waals surface area contributed by atoms with Crippen molar-refractivity contribution in [2.75, 3.05) is 6.56 Å². The summed E-state index contributed by atoms with van der Waals surface area (Å²) >= 11 is 0. The van der Waals surface area contributed by atoms with Crippen molar-refractivity contribution < 1.29 is 45.7 Å². The van der Waals surface area contributed by atoms with Crippen molar-refractivity contribution in [3.63, 3.8) is 0 Å². The third kappa shape index (κ3) is 5.52. The summed E-state index contributed by atoms with van der Waals surface area (Å²) < 4.78 is 120. The van der Waals surface area contributed by atoms with E-state index in [0.29, 0.717) is 28.7 Å². The number of carbonyl (C=O) groups is 1. The lowest BCUT2D eigenvalue weighted by atomic mass is 10.1. The first-order chi connectivity index (χ1) is 20.1. The number of aromatic nitrogens is 3. The number of nitrogens with zero attached hydrogens (tertiary/aromatic N) is 3. The van der Waals surface area contributed by atoms with Crippen molar-refractivity contribution in [3.05, 3.63) is 77.4 Å². The maximum absolute atomic E-state index is 15.0. The normalized spacial score (nSPS) is 20.6. The van der Waals surface area contributed by atoms with E-state index in [0.717, 1.165) is 0 Å². The van der Waals surface area contributed by atoms with Gasteiger partial charge in [0, 0.05) is 28.8 Å². The van der Waals surface area contributed by atoms with Gasteiger partial charge in [0.05, 0.1) is 52.6 Å². The van der Waals surface area contributed by atoms with Crippen LogP contribution in [0.15, 0.2) is 59.6 Å². The fraction of sp³-hybridized carbons (Fsp3) is 0.200. The molecule has 0 bridgehead atoms. The van der Waals surface area contributed by atoms with Gasteiger partial charge in [-0.2, -0.15) is 8.78 Å². The molecular weight excluding hydrogens is 544 g/mol. The number of nitrogens with one attached hydrogen (secondary N) is 1. The minimum atomic E-state index is -5.34. The summed E-state index contributed by atoms with van der Waals surface area (Å²) in [5.74, 6) is -2.91. The third-order valence-electron chi connectivity index (χ3n) is 5.46. The van der Waals surface area contributed by atoms with Crippen LogP contribution < -0.4 is 10.1 Å². The SMILES string of the molecule is [2H]C1([2H])OC([2H])([2H])[C@H](F)S(=O)(=O)c2cc(C(=O)NCc3cc4nc(-c5cccc(OC(F)F)n5)ccc4cn3)cc(F)c21. The third-order valence-corrected chi connectivity index (χ3v) is 7.03. The van der Waals surface area contributed by atoms with E-state index in [2.05, 4.69) is 29.7 Å². The van der Waals surface area contributed by atoms with Crippen LogP contribution in [0.2, 0.25) is 0 Å². The van der Waals surface area contributed by atoms with E-state index in [4.69, 9.17) is 5.48 Å². The number of hydrogen-bond donors (Lipinski definition) is 1. The number of alkyl halides is 3. The summed E-state index contributed by atoms with van der Waals surface area (Å²) in [7, 11) is -5.34. The van der Waals surface area contributed by atoms with Gasteiger partial charge in [-0.15, -0.1) is 0 Å². The van der Waals surface area contributed by atoms with Gasteiger partial charge < -0.3 is 14.8 Å². The topological polar surface area (TPSA) is 120 Å². The second-order valence-electron chi connectivity index (χ2n) is 8.00. The molecule has 39 heavy (non-hydrogen) atoms. The molecule has 1 amide bonds. The molecule has 0 aliphatic carbocycles. The van der Waals surface area contributed by atoms with Gasteiger partial charge in [0.1, 0.15) is 5.82 Å². The number of carbonyl (C=O) groups excluding carboxylic acids is 1. The predicted octanol–water partition coefficient (Wildman–Crippen LogP) is 3.96. The molecule has 0 saturated carbocycles. The summed E-state index contributed by atoms with van der Waals surface area (Å²) in [4.78, 5) is 24.2.